The zero-order valence-electron chi connectivity index (χ0n) is 23.0. The van der Waals surface area contributed by atoms with Gasteiger partial charge in [-0.3, -0.25) is 0 Å². The number of unbranched alkanes of at least 4 members (excludes halogenated alkanes) is 1. The van der Waals surface area contributed by atoms with Crippen LogP contribution in [0, 0.1) is 0 Å². The molecule has 0 fully saturated rings. The molecule has 2 rings (SSSR count). The summed E-state index contributed by atoms with van der Waals surface area (Å²) >= 11 is 0. The minimum Gasteiger partial charge on any atom is -0.494 e. The van der Waals surface area contributed by atoms with Crippen molar-refractivity contribution in [1.29, 1.82) is 0 Å². The summed E-state index contributed by atoms with van der Waals surface area (Å²) in [6.07, 6.45) is 4.83. The lowest BCUT2D eigenvalue weighted by Gasteiger charge is -2.28. The largest absolute Gasteiger partial charge is 0.500 e. The number of carbonyl (C=O) groups excluding carboxylic acids is 2. The Hall–Kier alpha value is -2.92. The molecule has 0 aliphatic rings. The van der Waals surface area contributed by atoms with Crippen LogP contribution in [0.2, 0.25) is 6.04 Å². The van der Waals surface area contributed by atoms with Crippen LogP contribution in [0.4, 0.5) is 4.79 Å². The first-order valence-electron chi connectivity index (χ1n) is 13.2. The Kier molecular flexibility index (Phi) is 14.5. The van der Waals surface area contributed by atoms with Crippen LogP contribution in [-0.4, -0.2) is 67.6 Å². The van der Waals surface area contributed by atoms with Crippen LogP contribution in [-0.2, 0) is 27.5 Å². The molecular formula is C28H41NO8Si. The van der Waals surface area contributed by atoms with Crippen molar-refractivity contribution in [2.45, 2.75) is 46.1 Å². The highest BCUT2D eigenvalue weighted by atomic mass is 28.4. The Bertz CT molecular complexity index is 1010. The van der Waals surface area contributed by atoms with Crippen LogP contribution in [0.1, 0.15) is 45.6 Å². The molecule has 0 aliphatic heterocycles. The number of hydrogen-bond donors (Lipinski definition) is 1. The summed E-state index contributed by atoms with van der Waals surface area (Å²) < 4.78 is 33.2. The number of alkyl carbamates (subject to hydrolysis) is 1. The Morgan fingerprint density at radius 1 is 0.868 bits per heavy atom. The minimum absolute atomic E-state index is 0.324. The number of benzene rings is 2. The zero-order chi connectivity index (χ0) is 27.6. The first-order valence-corrected chi connectivity index (χ1v) is 15.1. The van der Waals surface area contributed by atoms with Crippen LogP contribution < -0.4 is 10.1 Å². The molecule has 0 heterocycles. The van der Waals surface area contributed by atoms with Crippen molar-refractivity contribution < 1.29 is 37.1 Å². The molecule has 0 aliphatic carbocycles. The van der Waals surface area contributed by atoms with Crippen LogP contribution in [0.25, 0.3) is 16.8 Å². The lowest BCUT2D eigenvalue weighted by molar-refractivity contribution is -0.134. The molecule has 210 valence electrons. The standard InChI is InChI=1S/C28H41NO8Si/c1-5-35-38(36-6-2,37-7-3)20-10-17-29-28(31)34-19-9-8-18-33-26-15-14-24-21-23(11-13-25(24)22-26)12-16-27(30)32-4/h11-16,21-22H,5-10,17-20H2,1-4H3,(H,29,31)/b16-12+. The van der Waals surface area contributed by atoms with Gasteiger partial charge in [-0.25, -0.2) is 9.59 Å². The Morgan fingerprint density at radius 2 is 1.53 bits per heavy atom. The molecular weight excluding hydrogens is 506 g/mol. The van der Waals surface area contributed by atoms with E-state index in [4.69, 9.17) is 22.8 Å². The number of ether oxygens (including phenoxy) is 3. The molecule has 0 aromatic heterocycles. The third-order valence-corrected chi connectivity index (χ3v) is 8.66. The fourth-order valence-corrected chi connectivity index (χ4v) is 6.39. The van der Waals surface area contributed by atoms with E-state index < -0.39 is 14.9 Å². The third-order valence-electron chi connectivity index (χ3n) is 5.51. The van der Waals surface area contributed by atoms with E-state index in [9.17, 15) is 9.59 Å². The Balaban J connectivity index is 1.63. The monoisotopic (exact) mass is 547 g/mol. The van der Waals surface area contributed by atoms with E-state index in [1.807, 2.05) is 57.2 Å². The van der Waals surface area contributed by atoms with Crippen LogP contribution in [0.15, 0.2) is 42.5 Å². The molecule has 0 spiro atoms. The maximum atomic E-state index is 12.0. The lowest BCUT2D eigenvalue weighted by atomic mass is 10.1. The highest BCUT2D eigenvalue weighted by Gasteiger charge is 2.39. The molecule has 0 saturated carbocycles. The van der Waals surface area contributed by atoms with Gasteiger partial charge in [0.25, 0.3) is 0 Å². The average molecular weight is 548 g/mol. The number of hydrogen-bond acceptors (Lipinski definition) is 8. The summed E-state index contributed by atoms with van der Waals surface area (Å²) in [5.41, 5.74) is 0.914. The predicted molar refractivity (Wildman–Crippen MR) is 149 cm³/mol. The van der Waals surface area contributed by atoms with Gasteiger partial charge in [-0.05, 0) is 80.6 Å². The molecule has 2 aromatic rings. The Morgan fingerprint density at radius 3 is 2.21 bits per heavy atom. The topological polar surface area (TPSA) is 102 Å². The maximum Gasteiger partial charge on any atom is 0.500 e. The van der Waals surface area contributed by atoms with Gasteiger partial charge in [0.15, 0.2) is 0 Å². The number of fused-ring (bicyclic) bond motifs is 1. The second-order valence-corrected chi connectivity index (χ2v) is 11.1. The van der Waals surface area contributed by atoms with Crippen molar-refractivity contribution in [3.05, 3.63) is 48.0 Å². The fourth-order valence-electron chi connectivity index (χ4n) is 3.77. The van der Waals surface area contributed by atoms with Gasteiger partial charge >= 0.3 is 20.9 Å². The van der Waals surface area contributed by atoms with Crippen molar-refractivity contribution in [3.8, 4) is 5.75 Å². The Labute approximate surface area is 226 Å². The van der Waals surface area contributed by atoms with Gasteiger partial charge in [0.1, 0.15) is 5.75 Å². The predicted octanol–water partition coefficient (Wildman–Crippen LogP) is 5.35. The lowest BCUT2D eigenvalue weighted by Crippen LogP contribution is -2.46. The van der Waals surface area contributed by atoms with E-state index in [1.54, 1.807) is 6.08 Å². The van der Waals surface area contributed by atoms with Crippen LogP contribution >= 0.6 is 0 Å². The molecule has 2 aromatic carbocycles. The van der Waals surface area contributed by atoms with E-state index in [2.05, 4.69) is 10.1 Å². The van der Waals surface area contributed by atoms with Crippen molar-refractivity contribution >= 4 is 37.7 Å². The summed E-state index contributed by atoms with van der Waals surface area (Å²) in [7, 11) is -1.34. The number of amides is 1. The van der Waals surface area contributed by atoms with E-state index in [-0.39, 0.29) is 5.97 Å². The molecule has 10 heteroatoms. The second kappa shape index (κ2) is 17.6. The number of carbonyl (C=O) groups is 2. The molecule has 0 bridgehead atoms. The number of rotatable bonds is 18. The molecule has 0 atom stereocenters. The first-order chi connectivity index (χ1) is 18.4. The highest BCUT2D eigenvalue weighted by Crippen LogP contribution is 2.23. The molecule has 38 heavy (non-hydrogen) atoms. The summed E-state index contributed by atoms with van der Waals surface area (Å²) in [6.45, 7) is 8.68. The normalized spacial score (nSPS) is 11.6. The molecule has 9 nitrogen and oxygen atoms in total. The van der Waals surface area contributed by atoms with Gasteiger partial charge in [0.2, 0.25) is 0 Å². The van der Waals surface area contributed by atoms with Gasteiger partial charge in [-0.1, -0.05) is 18.2 Å². The second-order valence-electron chi connectivity index (χ2n) is 8.33. The summed E-state index contributed by atoms with van der Waals surface area (Å²) in [5.74, 6) is 0.390. The number of nitrogens with one attached hydrogen (secondary N) is 1. The number of methoxy groups -OCH3 is 1. The quantitative estimate of drug-likeness (QED) is 0.115. The van der Waals surface area contributed by atoms with Gasteiger partial charge in [0, 0.05) is 38.5 Å². The third kappa shape index (κ3) is 11.2. The molecule has 1 amide bonds. The van der Waals surface area contributed by atoms with Crippen molar-refractivity contribution in [2.75, 3.05) is 46.7 Å². The van der Waals surface area contributed by atoms with Crippen molar-refractivity contribution in [2.24, 2.45) is 0 Å². The van der Waals surface area contributed by atoms with Gasteiger partial charge in [0.05, 0.1) is 20.3 Å². The first kappa shape index (κ1) is 31.3. The van der Waals surface area contributed by atoms with Gasteiger partial charge in [-0.2, -0.15) is 0 Å². The van der Waals surface area contributed by atoms with Gasteiger partial charge in [-0.15, -0.1) is 0 Å². The van der Waals surface area contributed by atoms with E-state index >= 15 is 0 Å². The highest BCUT2D eigenvalue weighted by molar-refractivity contribution is 6.60. The van der Waals surface area contributed by atoms with E-state index in [0.29, 0.717) is 58.5 Å². The average Bonchev–Trinajstić information content (AvgIpc) is 2.92. The summed E-state index contributed by atoms with van der Waals surface area (Å²) in [4.78, 5) is 23.2. The fraction of sp³-hybridized carbons (Fsp3) is 0.500. The van der Waals surface area contributed by atoms with E-state index in [1.165, 1.54) is 13.2 Å². The SMILES string of the molecule is CCO[Si](CCCNC(=O)OCCCCOc1ccc2cc(/C=C/C(=O)OC)ccc2c1)(OCC)OCC. The summed E-state index contributed by atoms with van der Waals surface area (Å²) in [5, 5.41) is 4.86. The molecule has 0 radical (unpaired) electrons. The summed E-state index contributed by atoms with van der Waals surface area (Å²) in [6, 6.07) is 12.4. The number of esters is 1. The minimum atomic E-state index is -2.69. The van der Waals surface area contributed by atoms with Crippen molar-refractivity contribution in [1.82, 2.24) is 5.32 Å². The van der Waals surface area contributed by atoms with Crippen LogP contribution in [0.5, 0.6) is 5.75 Å². The molecule has 0 unspecified atom stereocenters. The van der Waals surface area contributed by atoms with Gasteiger partial charge < -0.3 is 32.8 Å². The smallest absolute Gasteiger partial charge is 0.494 e. The van der Waals surface area contributed by atoms with Crippen molar-refractivity contribution in [3.63, 3.8) is 0 Å². The molecule has 1 N–H and O–H groups in total. The van der Waals surface area contributed by atoms with Crippen LogP contribution in [0.3, 0.4) is 0 Å². The van der Waals surface area contributed by atoms with E-state index in [0.717, 1.165) is 28.5 Å². The molecule has 0 saturated heterocycles. The maximum absolute atomic E-state index is 12.0. The zero-order valence-corrected chi connectivity index (χ0v) is 24.0.